The summed E-state index contributed by atoms with van der Waals surface area (Å²) in [5, 5.41) is 0. The Hall–Kier alpha value is -1.60. The van der Waals surface area contributed by atoms with Gasteiger partial charge in [0.05, 0.1) is 0 Å². The fourth-order valence-electron chi connectivity index (χ4n) is 2.41. The van der Waals surface area contributed by atoms with E-state index in [9.17, 15) is 0 Å². The molecule has 1 atom stereocenters. The lowest BCUT2D eigenvalue weighted by Gasteiger charge is -2.14. The number of hydrogen-bond acceptors (Lipinski definition) is 1. The molecule has 2 aromatic carbocycles. The van der Waals surface area contributed by atoms with Gasteiger partial charge in [0.2, 0.25) is 0 Å². The van der Waals surface area contributed by atoms with E-state index in [0.29, 0.717) is 0 Å². The summed E-state index contributed by atoms with van der Waals surface area (Å²) in [7, 11) is 0. The van der Waals surface area contributed by atoms with Gasteiger partial charge < -0.3 is 5.73 Å². The van der Waals surface area contributed by atoms with E-state index in [1.165, 1.54) is 28.7 Å². The van der Waals surface area contributed by atoms with Gasteiger partial charge in [0.25, 0.3) is 0 Å². The maximum atomic E-state index is 6.32. The second-order valence-corrected chi connectivity index (χ2v) is 5.23. The highest BCUT2D eigenvalue weighted by molar-refractivity contribution is 5.30. The Kier molecular flexibility index (Phi) is 4.75. The average Bonchev–Trinajstić information content (AvgIpc) is 2.42. The molecule has 2 aromatic rings. The van der Waals surface area contributed by atoms with Crippen molar-refractivity contribution in [2.24, 2.45) is 5.73 Å². The van der Waals surface area contributed by atoms with E-state index in [0.717, 1.165) is 12.8 Å². The van der Waals surface area contributed by atoms with Gasteiger partial charge in [-0.1, -0.05) is 61.9 Å². The second kappa shape index (κ2) is 6.53. The topological polar surface area (TPSA) is 26.0 Å². The number of rotatable bonds is 5. The molecule has 0 aliphatic carbocycles. The van der Waals surface area contributed by atoms with Crippen molar-refractivity contribution in [2.45, 2.75) is 39.2 Å². The molecule has 0 heterocycles. The first kappa shape index (κ1) is 13.8. The lowest BCUT2D eigenvalue weighted by Crippen LogP contribution is -2.14. The third-order valence-electron chi connectivity index (χ3n) is 3.65. The molecule has 0 spiro atoms. The Labute approximate surface area is 116 Å². The predicted molar refractivity (Wildman–Crippen MR) is 82.2 cm³/mol. The first-order chi connectivity index (χ1) is 9.20. The zero-order valence-electron chi connectivity index (χ0n) is 11.9. The minimum atomic E-state index is 0.0803. The highest BCUT2D eigenvalue weighted by Gasteiger charge is 2.08. The van der Waals surface area contributed by atoms with Crippen LogP contribution in [0.2, 0.25) is 0 Å². The number of benzene rings is 2. The molecule has 0 aliphatic heterocycles. The van der Waals surface area contributed by atoms with Crippen LogP contribution >= 0.6 is 0 Å². The highest BCUT2D eigenvalue weighted by Crippen LogP contribution is 2.19. The smallest absolute Gasteiger partial charge is 0.0335 e. The third kappa shape index (κ3) is 3.68. The molecular formula is C18H23N. The molecule has 0 saturated carbocycles. The molecule has 0 saturated heterocycles. The number of aryl methyl sites for hydroxylation is 2. The normalized spacial score (nSPS) is 12.4. The van der Waals surface area contributed by atoms with E-state index in [1.807, 2.05) is 0 Å². The zero-order chi connectivity index (χ0) is 13.7. The minimum Gasteiger partial charge on any atom is -0.324 e. The van der Waals surface area contributed by atoms with Crippen molar-refractivity contribution < 1.29 is 0 Å². The maximum absolute atomic E-state index is 6.32. The Morgan fingerprint density at radius 2 is 1.68 bits per heavy atom. The molecule has 0 aromatic heterocycles. The van der Waals surface area contributed by atoms with Crippen molar-refractivity contribution >= 4 is 0 Å². The fourth-order valence-corrected chi connectivity index (χ4v) is 2.41. The van der Waals surface area contributed by atoms with Gasteiger partial charge in [-0.15, -0.1) is 0 Å². The van der Waals surface area contributed by atoms with Crippen LogP contribution in [0.3, 0.4) is 0 Å². The summed E-state index contributed by atoms with van der Waals surface area (Å²) in [5.74, 6) is 0. The van der Waals surface area contributed by atoms with Crippen molar-refractivity contribution in [2.75, 3.05) is 0 Å². The van der Waals surface area contributed by atoms with Crippen LogP contribution in [0.5, 0.6) is 0 Å². The molecule has 0 aliphatic rings. The van der Waals surface area contributed by atoms with Crippen molar-refractivity contribution in [3.05, 3.63) is 70.8 Å². The fraction of sp³-hybridized carbons (Fsp3) is 0.333. The van der Waals surface area contributed by atoms with E-state index >= 15 is 0 Å². The van der Waals surface area contributed by atoms with Gasteiger partial charge in [-0.2, -0.15) is 0 Å². The van der Waals surface area contributed by atoms with Crippen LogP contribution in [0.25, 0.3) is 0 Å². The maximum Gasteiger partial charge on any atom is 0.0335 e. The van der Waals surface area contributed by atoms with Crippen molar-refractivity contribution in [3.63, 3.8) is 0 Å². The average molecular weight is 253 g/mol. The zero-order valence-corrected chi connectivity index (χ0v) is 11.9. The van der Waals surface area contributed by atoms with Gasteiger partial charge in [0.1, 0.15) is 0 Å². The summed E-state index contributed by atoms with van der Waals surface area (Å²) in [5.41, 5.74) is 11.6. The van der Waals surface area contributed by atoms with Gasteiger partial charge in [0, 0.05) is 6.04 Å². The van der Waals surface area contributed by atoms with Crippen LogP contribution < -0.4 is 5.73 Å². The van der Waals surface area contributed by atoms with E-state index in [1.54, 1.807) is 0 Å². The molecule has 100 valence electrons. The number of hydrogen-bond donors (Lipinski definition) is 1. The first-order valence-corrected chi connectivity index (χ1v) is 7.09. The molecule has 0 radical (unpaired) electrons. The summed E-state index contributed by atoms with van der Waals surface area (Å²) in [6, 6.07) is 17.3. The SMILES string of the molecule is CCCc1ccc(C(N)Cc2ccccc2C)cc1. The van der Waals surface area contributed by atoms with Gasteiger partial charge in [-0.05, 0) is 42.0 Å². The van der Waals surface area contributed by atoms with E-state index in [2.05, 4.69) is 62.4 Å². The van der Waals surface area contributed by atoms with Crippen molar-refractivity contribution in [1.29, 1.82) is 0 Å². The Bertz CT molecular complexity index is 513. The standard InChI is InChI=1S/C18H23N/c1-3-6-15-9-11-16(12-10-15)18(19)13-17-8-5-4-7-14(17)2/h4-5,7-12,18H,3,6,13,19H2,1-2H3. The van der Waals surface area contributed by atoms with Crippen LogP contribution in [0.15, 0.2) is 48.5 Å². The second-order valence-electron chi connectivity index (χ2n) is 5.23. The van der Waals surface area contributed by atoms with Crippen LogP contribution in [0.4, 0.5) is 0 Å². The van der Waals surface area contributed by atoms with Gasteiger partial charge >= 0.3 is 0 Å². The molecule has 2 N–H and O–H groups in total. The van der Waals surface area contributed by atoms with Crippen LogP contribution in [0, 0.1) is 6.92 Å². The Balaban J connectivity index is 2.07. The molecule has 1 nitrogen and oxygen atoms in total. The van der Waals surface area contributed by atoms with Gasteiger partial charge in [0.15, 0.2) is 0 Å². The van der Waals surface area contributed by atoms with Gasteiger partial charge in [-0.25, -0.2) is 0 Å². The summed E-state index contributed by atoms with van der Waals surface area (Å²) < 4.78 is 0. The van der Waals surface area contributed by atoms with E-state index in [-0.39, 0.29) is 6.04 Å². The quantitative estimate of drug-likeness (QED) is 0.849. The van der Waals surface area contributed by atoms with Crippen LogP contribution in [0.1, 0.15) is 41.6 Å². The third-order valence-corrected chi connectivity index (χ3v) is 3.65. The Morgan fingerprint density at radius 1 is 1.00 bits per heavy atom. The first-order valence-electron chi connectivity index (χ1n) is 7.09. The van der Waals surface area contributed by atoms with Gasteiger partial charge in [-0.3, -0.25) is 0 Å². The molecular weight excluding hydrogens is 230 g/mol. The molecule has 1 heteroatoms. The lowest BCUT2D eigenvalue weighted by atomic mass is 9.96. The minimum absolute atomic E-state index is 0.0803. The predicted octanol–water partition coefficient (Wildman–Crippen LogP) is 4.19. The lowest BCUT2D eigenvalue weighted by molar-refractivity contribution is 0.718. The summed E-state index contributed by atoms with van der Waals surface area (Å²) in [6.45, 7) is 4.35. The monoisotopic (exact) mass is 253 g/mol. The number of nitrogens with two attached hydrogens (primary N) is 1. The molecule has 1 unspecified atom stereocenters. The largest absolute Gasteiger partial charge is 0.324 e. The summed E-state index contributed by atoms with van der Waals surface area (Å²) in [4.78, 5) is 0. The molecule has 0 amide bonds. The molecule has 0 fully saturated rings. The van der Waals surface area contributed by atoms with E-state index in [4.69, 9.17) is 5.73 Å². The highest BCUT2D eigenvalue weighted by atomic mass is 14.6. The van der Waals surface area contributed by atoms with Crippen molar-refractivity contribution in [1.82, 2.24) is 0 Å². The molecule has 19 heavy (non-hydrogen) atoms. The summed E-state index contributed by atoms with van der Waals surface area (Å²) >= 11 is 0. The van der Waals surface area contributed by atoms with E-state index < -0.39 is 0 Å². The van der Waals surface area contributed by atoms with Crippen LogP contribution in [-0.2, 0) is 12.8 Å². The van der Waals surface area contributed by atoms with Crippen LogP contribution in [-0.4, -0.2) is 0 Å². The summed E-state index contributed by atoms with van der Waals surface area (Å²) in [6.07, 6.45) is 3.24. The Morgan fingerprint density at radius 3 is 2.32 bits per heavy atom. The van der Waals surface area contributed by atoms with Crippen molar-refractivity contribution in [3.8, 4) is 0 Å². The molecule has 0 bridgehead atoms. The molecule has 2 rings (SSSR count).